The van der Waals surface area contributed by atoms with Crippen LogP contribution in [0.25, 0.3) is 11.1 Å². The van der Waals surface area contributed by atoms with E-state index < -0.39 is 34.4 Å². The Morgan fingerprint density at radius 2 is 1.80 bits per heavy atom. The van der Waals surface area contributed by atoms with E-state index in [1.165, 1.54) is 12.1 Å². The summed E-state index contributed by atoms with van der Waals surface area (Å²) in [5, 5.41) is -1.22. The van der Waals surface area contributed by atoms with Gasteiger partial charge < -0.3 is 4.74 Å². The van der Waals surface area contributed by atoms with Crippen molar-refractivity contribution in [3.63, 3.8) is 0 Å². The second-order valence-electron chi connectivity index (χ2n) is 8.04. The lowest BCUT2D eigenvalue weighted by atomic mass is 9.97. The van der Waals surface area contributed by atoms with Gasteiger partial charge in [-0.1, -0.05) is 61.9 Å². The molecule has 160 valence electrons. The summed E-state index contributed by atoms with van der Waals surface area (Å²) in [7, 11) is 0. The van der Waals surface area contributed by atoms with Crippen molar-refractivity contribution in [1.82, 2.24) is 0 Å². The Bertz CT molecular complexity index is 978. The molecule has 0 saturated heterocycles. The molecule has 0 bridgehead atoms. The number of benzene rings is 2. The number of hydrogen-bond donors (Lipinski definition) is 0. The van der Waals surface area contributed by atoms with Crippen LogP contribution in [0.1, 0.15) is 25.0 Å². The summed E-state index contributed by atoms with van der Waals surface area (Å²) in [6.07, 6.45) is -3.74. The Labute approximate surface area is 177 Å². The van der Waals surface area contributed by atoms with Crippen LogP contribution in [-0.2, 0) is 16.1 Å². The van der Waals surface area contributed by atoms with Gasteiger partial charge >= 0.3 is 12.1 Å². The molecular weight excluding hydrogens is 420 g/mol. The van der Waals surface area contributed by atoms with Gasteiger partial charge in [-0.25, -0.2) is 4.39 Å². The van der Waals surface area contributed by atoms with Gasteiger partial charge in [-0.15, -0.1) is 0 Å². The van der Waals surface area contributed by atoms with Crippen LogP contribution in [0.2, 0.25) is 0 Å². The number of ether oxygens (including phenoxy) is 1. The average molecular weight is 441 g/mol. The number of alkyl halides is 3. The maximum Gasteiger partial charge on any atom is 0.426 e. The lowest BCUT2D eigenvalue weighted by Gasteiger charge is -2.12. The lowest BCUT2D eigenvalue weighted by molar-refractivity contribution is -0.147. The van der Waals surface area contributed by atoms with Gasteiger partial charge in [0.25, 0.3) is 0 Å². The number of allylic oxidation sites excluding steroid dienone is 2. The molecule has 0 aromatic heterocycles. The monoisotopic (exact) mass is 440 g/mol. The molecule has 2 aromatic rings. The fourth-order valence-corrected chi connectivity index (χ4v) is 3.85. The number of carbonyl (C=O) groups excluding carboxylic acids is 1. The molecule has 1 saturated carbocycles. The van der Waals surface area contributed by atoms with Crippen molar-refractivity contribution in [2.45, 2.75) is 33.6 Å². The van der Waals surface area contributed by atoms with Gasteiger partial charge in [-0.2, -0.15) is 13.2 Å². The van der Waals surface area contributed by atoms with Gasteiger partial charge in [0.2, 0.25) is 0 Å². The molecule has 30 heavy (non-hydrogen) atoms. The van der Waals surface area contributed by atoms with Crippen LogP contribution >= 0.6 is 11.6 Å². The highest BCUT2D eigenvalue weighted by Crippen LogP contribution is 2.60. The van der Waals surface area contributed by atoms with Gasteiger partial charge in [-0.3, -0.25) is 4.79 Å². The highest BCUT2D eigenvalue weighted by atomic mass is 35.5. The molecule has 0 N–H and O–H groups in total. The Balaban J connectivity index is 1.71. The third kappa shape index (κ3) is 4.53. The van der Waals surface area contributed by atoms with Crippen molar-refractivity contribution < 1.29 is 27.1 Å². The first kappa shape index (κ1) is 22.3. The predicted octanol–water partition coefficient (Wildman–Crippen LogP) is 6.80. The molecule has 1 aliphatic rings. The van der Waals surface area contributed by atoms with Gasteiger partial charge in [-0.05, 0) is 52.6 Å². The summed E-state index contributed by atoms with van der Waals surface area (Å²) < 4.78 is 56.7. The highest BCUT2D eigenvalue weighted by Gasteiger charge is 2.62. The smallest absolute Gasteiger partial charge is 0.426 e. The van der Waals surface area contributed by atoms with Crippen molar-refractivity contribution >= 4 is 17.6 Å². The zero-order chi connectivity index (χ0) is 22.3. The fourth-order valence-electron chi connectivity index (χ4n) is 3.71. The van der Waals surface area contributed by atoms with E-state index in [0.717, 1.165) is 28.3 Å². The van der Waals surface area contributed by atoms with Crippen molar-refractivity contribution in [3.8, 4) is 11.1 Å². The van der Waals surface area contributed by atoms with Crippen LogP contribution in [0.4, 0.5) is 17.6 Å². The van der Waals surface area contributed by atoms with E-state index in [1.54, 1.807) is 26.0 Å². The minimum Gasteiger partial charge on any atom is -0.461 e. The van der Waals surface area contributed by atoms with Crippen molar-refractivity contribution in [2.24, 2.45) is 17.3 Å². The van der Waals surface area contributed by atoms with E-state index in [0.29, 0.717) is 0 Å². The van der Waals surface area contributed by atoms with Crippen LogP contribution < -0.4 is 0 Å². The van der Waals surface area contributed by atoms with Crippen LogP contribution in [0.15, 0.2) is 53.6 Å². The normalized spacial score (nSPS) is 20.7. The molecule has 1 fully saturated rings. The fraction of sp³-hybridized carbons (Fsp3) is 0.348. The standard InChI is InChI=1S/C23H21ClF4O2/c1-13-15(5-4-6-17(13)14-7-9-16(25)10-8-14)12-30-21(29)20-18(22(20,2)3)11-19(24)23(26,27)28/h4-11,18,20H,12H2,1-3H3. The Hall–Kier alpha value is -2.34. The van der Waals surface area contributed by atoms with Crippen LogP contribution in [0, 0.1) is 30.0 Å². The zero-order valence-electron chi connectivity index (χ0n) is 16.7. The largest absolute Gasteiger partial charge is 0.461 e. The Morgan fingerprint density at radius 1 is 1.17 bits per heavy atom. The van der Waals surface area contributed by atoms with E-state index in [-0.39, 0.29) is 12.4 Å². The second kappa shape index (κ2) is 8.06. The predicted molar refractivity (Wildman–Crippen MR) is 107 cm³/mol. The molecule has 1 aliphatic carbocycles. The van der Waals surface area contributed by atoms with E-state index in [1.807, 2.05) is 25.1 Å². The van der Waals surface area contributed by atoms with Crippen LogP contribution in [0.3, 0.4) is 0 Å². The van der Waals surface area contributed by atoms with Gasteiger partial charge in [0.1, 0.15) is 17.5 Å². The zero-order valence-corrected chi connectivity index (χ0v) is 17.4. The van der Waals surface area contributed by atoms with Crippen molar-refractivity contribution in [3.05, 3.63) is 70.5 Å². The number of rotatable bonds is 5. The van der Waals surface area contributed by atoms with E-state index in [4.69, 9.17) is 16.3 Å². The van der Waals surface area contributed by atoms with Gasteiger partial charge in [0.05, 0.1) is 5.92 Å². The first-order valence-electron chi connectivity index (χ1n) is 9.38. The summed E-state index contributed by atoms with van der Waals surface area (Å²) >= 11 is 5.33. The molecule has 0 spiro atoms. The van der Waals surface area contributed by atoms with Crippen molar-refractivity contribution in [1.29, 1.82) is 0 Å². The topological polar surface area (TPSA) is 26.3 Å². The minimum atomic E-state index is -4.63. The molecule has 0 amide bonds. The summed E-state index contributed by atoms with van der Waals surface area (Å²) in [6, 6.07) is 11.6. The molecule has 2 unspecified atom stereocenters. The first-order valence-corrected chi connectivity index (χ1v) is 9.76. The van der Waals surface area contributed by atoms with Gasteiger partial charge in [0, 0.05) is 0 Å². The summed E-state index contributed by atoms with van der Waals surface area (Å²) in [5.41, 5.74) is 2.70. The molecule has 0 heterocycles. The number of carbonyl (C=O) groups is 1. The molecular formula is C23H21ClF4O2. The van der Waals surface area contributed by atoms with Crippen LogP contribution in [-0.4, -0.2) is 12.1 Å². The van der Waals surface area contributed by atoms with Gasteiger partial charge in [0.15, 0.2) is 0 Å². The molecule has 2 atom stereocenters. The number of hydrogen-bond acceptors (Lipinski definition) is 2. The summed E-state index contributed by atoms with van der Waals surface area (Å²) in [5.74, 6) is -2.21. The number of halogens is 5. The molecule has 0 aliphatic heterocycles. The maximum absolute atomic E-state index is 13.2. The summed E-state index contributed by atoms with van der Waals surface area (Å²) in [6.45, 7) is 5.29. The second-order valence-corrected chi connectivity index (χ2v) is 8.45. The Morgan fingerprint density at radius 3 is 2.40 bits per heavy atom. The molecule has 3 rings (SSSR count). The quantitative estimate of drug-likeness (QED) is 0.377. The van der Waals surface area contributed by atoms with Crippen molar-refractivity contribution in [2.75, 3.05) is 0 Å². The molecule has 0 radical (unpaired) electrons. The third-order valence-electron chi connectivity index (χ3n) is 5.73. The third-order valence-corrected chi connectivity index (χ3v) is 6.07. The van der Waals surface area contributed by atoms with E-state index in [2.05, 4.69) is 0 Å². The molecule has 2 nitrogen and oxygen atoms in total. The molecule has 7 heteroatoms. The van der Waals surface area contributed by atoms with E-state index in [9.17, 15) is 22.4 Å². The maximum atomic E-state index is 13.2. The minimum absolute atomic E-state index is 0.00425. The van der Waals surface area contributed by atoms with Crippen LogP contribution in [0.5, 0.6) is 0 Å². The average Bonchev–Trinajstić information content (AvgIpc) is 3.20. The molecule has 2 aromatic carbocycles. The Kier molecular flexibility index (Phi) is 6.01. The van der Waals surface area contributed by atoms with E-state index >= 15 is 0 Å². The first-order chi connectivity index (χ1) is 13.9. The lowest BCUT2D eigenvalue weighted by Crippen LogP contribution is -2.11. The number of esters is 1. The highest BCUT2D eigenvalue weighted by molar-refractivity contribution is 6.30. The SMILES string of the molecule is Cc1c(COC(=O)C2C(C=C(Cl)C(F)(F)F)C2(C)C)cccc1-c1ccc(F)cc1. The summed E-state index contributed by atoms with van der Waals surface area (Å²) in [4.78, 5) is 12.5.